The predicted octanol–water partition coefficient (Wildman–Crippen LogP) is 6.84. The molecule has 0 aromatic heterocycles. The maximum absolute atomic E-state index is 9.18. The molecule has 0 spiro atoms. The molecule has 0 saturated heterocycles. The molecular formula is C28H23IN2O3. The van der Waals surface area contributed by atoms with Gasteiger partial charge in [0.1, 0.15) is 13.2 Å². The molecular weight excluding hydrogens is 539 g/mol. The van der Waals surface area contributed by atoms with E-state index in [0.29, 0.717) is 30.3 Å². The second kappa shape index (κ2) is 11.5. The van der Waals surface area contributed by atoms with Crippen LogP contribution < -0.4 is 9.47 Å². The van der Waals surface area contributed by atoms with Crippen molar-refractivity contribution >= 4 is 39.6 Å². The summed E-state index contributed by atoms with van der Waals surface area (Å²) in [4.78, 5) is 5.42. The molecule has 0 aliphatic heterocycles. The van der Waals surface area contributed by atoms with Crippen LogP contribution in [-0.4, -0.2) is 12.8 Å². The summed E-state index contributed by atoms with van der Waals surface area (Å²) >= 11 is 2.24. The van der Waals surface area contributed by atoms with Crippen molar-refractivity contribution in [3.8, 4) is 17.6 Å². The van der Waals surface area contributed by atoms with Gasteiger partial charge in [0.2, 0.25) is 0 Å². The van der Waals surface area contributed by atoms with Crippen molar-refractivity contribution in [2.24, 2.45) is 5.16 Å². The van der Waals surface area contributed by atoms with Crippen LogP contribution in [0.5, 0.6) is 11.5 Å². The Labute approximate surface area is 212 Å². The van der Waals surface area contributed by atoms with Crippen LogP contribution >= 0.6 is 22.6 Å². The maximum atomic E-state index is 9.18. The number of hydrogen-bond donors (Lipinski definition) is 0. The minimum Gasteiger partial charge on any atom is -0.490 e. The van der Waals surface area contributed by atoms with Gasteiger partial charge in [0.15, 0.2) is 11.5 Å². The summed E-state index contributed by atoms with van der Waals surface area (Å²) in [7, 11) is 0. The Balaban J connectivity index is 1.46. The third kappa shape index (κ3) is 5.86. The first-order chi connectivity index (χ1) is 16.7. The van der Waals surface area contributed by atoms with Crippen LogP contribution in [0.2, 0.25) is 0 Å². The molecule has 34 heavy (non-hydrogen) atoms. The van der Waals surface area contributed by atoms with E-state index in [9.17, 15) is 5.26 Å². The summed E-state index contributed by atoms with van der Waals surface area (Å²) in [6, 6.07) is 27.9. The molecule has 170 valence electrons. The monoisotopic (exact) mass is 562 g/mol. The minimum absolute atomic E-state index is 0.225. The van der Waals surface area contributed by atoms with Crippen molar-refractivity contribution in [1.82, 2.24) is 0 Å². The Morgan fingerprint density at radius 2 is 1.71 bits per heavy atom. The van der Waals surface area contributed by atoms with Crippen LogP contribution in [0.15, 0.2) is 84.0 Å². The molecule has 6 heteroatoms. The molecule has 0 bridgehead atoms. The summed E-state index contributed by atoms with van der Waals surface area (Å²) < 4.78 is 13.0. The normalized spacial score (nSPS) is 10.9. The van der Waals surface area contributed by atoms with Crippen molar-refractivity contribution < 1.29 is 14.3 Å². The minimum atomic E-state index is 0.225. The number of nitriles is 1. The SMILES string of the molecule is CCOc1cc(/C=N\OCc2ccccc2C#N)cc(I)c1OCc1ccc2ccccc2c1. The third-order valence-electron chi connectivity index (χ3n) is 5.16. The molecule has 0 saturated carbocycles. The number of oxime groups is 1. The van der Waals surface area contributed by atoms with Crippen LogP contribution in [0.4, 0.5) is 0 Å². The number of halogens is 1. The van der Waals surface area contributed by atoms with E-state index in [1.54, 1.807) is 12.3 Å². The van der Waals surface area contributed by atoms with Gasteiger partial charge in [-0.2, -0.15) is 5.26 Å². The summed E-state index contributed by atoms with van der Waals surface area (Å²) in [5.74, 6) is 1.36. The molecule has 0 heterocycles. The van der Waals surface area contributed by atoms with Gasteiger partial charge in [0.25, 0.3) is 0 Å². The molecule has 0 amide bonds. The number of rotatable bonds is 9. The van der Waals surface area contributed by atoms with Gasteiger partial charge in [-0.05, 0) is 70.1 Å². The van der Waals surface area contributed by atoms with E-state index in [2.05, 4.69) is 64.1 Å². The van der Waals surface area contributed by atoms with E-state index in [1.807, 2.05) is 49.4 Å². The van der Waals surface area contributed by atoms with E-state index in [1.165, 1.54) is 10.8 Å². The lowest BCUT2D eigenvalue weighted by molar-refractivity contribution is 0.132. The fraction of sp³-hybridized carbons (Fsp3) is 0.143. The fourth-order valence-electron chi connectivity index (χ4n) is 3.51. The summed E-state index contributed by atoms with van der Waals surface area (Å²) in [6.45, 7) is 3.12. The lowest BCUT2D eigenvalue weighted by atomic mass is 10.1. The molecule has 0 radical (unpaired) electrons. The molecule has 0 aliphatic rings. The van der Waals surface area contributed by atoms with E-state index >= 15 is 0 Å². The molecule has 0 aliphatic carbocycles. The van der Waals surface area contributed by atoms with Gasteiger partial charge in [-0.3, -0.25) is 0 Å². The van der Waals surface area contributed by atoms with Gasteiger partial charge in [0, 0.05) is 11.1 Å². The maximum Gasteiger partial charge on any atom is 0.175 e. The van der Waals surface area contributed by atoms with Crippen molar-refractivity contribution in [2.75, 3.05) is 6.61 Å². The van der Waals surface area contributed by atoms with Crippen molar-refractivity contribution in [3.05, 3.63) is 105 Å². The van der Waals surface area contributed by atoms with Crippen LogP contribution in [0.25, 0.3) is 10.8 Å². The molecule has 0 unspecified atom stereocenters. The van der Waals surface area contributed by atoms with Crippen LogP contribution in [0, 0.1) is 14.9 Å². The zero-order chi connectivity index (χ0) is 23.8. The first kappa shape index (κ1) is 23.6. The van der Waals surface area contributed by atoms with E-state index in [-0.39, 0.29) is 6.61 Å². The zero-order valence-electron chi connectivity index (χ0n) is 18.7. The molecule has 0 atom stereocenters. The van der Waals surface area contributed by atoms with Crippen LogP contribution in [0.3, 0.4) is 0 Å². The average Bonchev–Trinajstić information content (AvgIpc) is 2.86. The Bertz CT molecular complexity index is 1360. The van der Waals surface area contributed by atoms with Gasteiger partial charge in [0.05, 0.1) is 28.0 Å². The Morgan fingerprint density at radius 3 is 2.53 bits per heavy atom. The first-order valence-electron chi connectivity index (χ1n) is 10.9. The molecule has 0 fully saturated rings. The number of nitrogens with zero attached hydrogens (tertiary/aromatic N) is 2. The quantitative estimate of drug-likeness (QED) is 0.127. The second-order valence-electron chi connectivity index (χ2n) is 7.51. The molecule has 4 aromatic rings. The highest BCUT2D eigenvalue weighted by Gasteiger charge is 2.12. The van der Waals surface area contributed by atoms with Gasteiger partial charge >= 0.3 is 0 Å². The van der Waals surface area contributed by atoms with Gasteiger partial charge < -0.3 is 14.3 Å². The van der Waals surface area contributed by atoms with Crippen molar-refractivity contribution in [2.45, 2.75) is 20.1 Å². The lowest BCUT2D eigenvalue weighted by Gasteiger charge is -2.15. The Hall–Kier alpha value is -3.57. The van der Waals surface area contributed by atoms with Gasteiger partial charge in [-0.25, -0.2) is 0 Å². The van der Waals surface area contributed by atoms with Gasteiger partial charge in [-0.1, -0.05) is 59.8 Å². The van der Waals surface area contributed by atoms with Crippen LogP contribution in [-0.2, 0) is 18.1 Å². The topological polar surface area (TPSA) is 63.8 Å². The highest BCUT2D eigenvalue weighted by molar-refractivity contribution is 14.1. The number of fused-ring (bicyclic) bond motifs is 1. The summed E-state index contributed by atoms with van der Waals surface area (Å²) in [6.07, 6.45) is 1.63. The predicted molar refractivity (Wildman–Crippen MR) is 142 cm³/mol. The number of ether oxygens (including phenoxy) is 2. The Kier molecular flexibility index (Phi) is 7.99. The average molecular weight is 562 g/mol. The first-order valence-corrected chi connectivity index (χ1v) is 12.0. The van der Waals surface area contributed by atoms with E-state index < -0.39 is 0 Å². The van der Waals surface area contributed by atoms with E-state index in [4.69, 9.17) is 14.3 Å². The second-order valence-corrected chi connectivity index (χ2v) is 8.67. The fourth-order valence-corrected chi connectivity index (χ4v) is 4.29. The van der Waals surface area contributed by atoms with Crippen molar-refractivity contribution in [1.29, 1.82) is 5.26 Å². The molecule has 4 rings (SSSR count). The lowest BCUT2D eigenvalue weighted by Crippen LogP contribution is -2.02. The molecule has 0 N–H and O–H groups in total. The number of benzene rings is 4. The van der Waals surface area contributed by atoms with Crippen molar-refractivity contribution in [3.63, 3.8) is 0 Å². The Morgan fingerprint density at radius 1 is 0.912 bits per heavy atom. The largest absolute Gasteiger partial charge is 0.490 e. The highest BCUT2D eigenvalue weighted by atomic mass is 127. The summed E-state index contributed by atoms with van der Waals surface area (Å²) in [5, 5.41) is 15.6. The standard InChI is InChI=1S/C28H23IN2O3/c1-2-32-27-15-21(17-31-34-19-25-10-6-5-9-24(25)16-30)14-26(29)28(27)33-18-20-11-12-22-7-3-4-8-23(22)13-20/h3-15,17H,2,18-19H2,1H3/b31-17-. The van der Waals surface area contributed by atoms with Crippen LogP contribution in [0.1, 0.15) is 29.2 Å². The zero-order valence-corrected chi connectivity index (χ0v) is 20.9. The third-order valence-corrected chi connectivity index (χ3v) is 5.96. The van der Waals surface area contributed by atoms with E-state index in [0.717, 1.165) is 20.3 Å². The molecule has 4 aromatic carbocycles. The summed E-state index contributed by atoms with van der Waals surface area (Å²) in [5.41, 5.74) is 3.30. The highest BCUT2D eigenvalue weighted by Crippen LogP contribution is 2.34. The number of hydrogen-bond acceptors (Lipinski definition) is 5. The smallest absolute Gasteiger partial charge is 0.175 e. The molecule has 5 nitrogen and oxygen atoms in total. The van der Waals surface area contributed by atoms with Gasteiger partial charge in [-0.15, -0.1) is 0 Å².